The molecule has 0 radical (unpaired) electrons. The maximum absolute atomic E-state index is 6.06. The van der Waals surface area contributed by atoms with E-state index in [1.165, 1.54) is 38.5 Å². The van der Waals surface area contributed by atoms with Crippen molar-refractivity contribution in [1.82, 2.24) is 9.97 Å². The minimum Gasteiger partial charge on any atom is -0.370 e. The molecular formula is C14H22ClN3. The molecule has 4 heteroatoms. The van der Waals surface area contributed by atoms with E-state index < -0.39 is 0 Å². The number of hydrogen-bond donors (Lipinski definition) is 1. The lowest BCUT2D eigenvalue weighted by Crippen LogP contribution is -2.13. The maximum atomic E-state index is 6.06. The third kappa shape index (κ3) is 3.58. The van der Waals surface area contributed by atoms with Crippen molar-refractivity contribution in [2.24, 2.45) is 5.92 Å². The van der Waals surface area contributed by atoms with Crippen LogP contribution in [0.15, 0.2) is 0 Å². The Morgan fingerprint density at radius 2 is 1.89 bits per heavy atom. The Hall–Kier alpha value is -0.830. The highest BCUT2D eigenvalue weighted by atomic mass is 35.5. The molecule has 0 saturated heterocycles. The lowest BCUT2D eigenvalue weighted by molar-refractivity contribution is 0.345. The molecule has 0 aliphatic heterocycles. The van der Waals surface area contributed by atoms with Crippen molar-refractivity contribution in [2.75, 3.05) is 11.9 Å². The molecule has 1 saturated carbocycles. The number of hydrogen-bond acceptors (Lipinski definition) is 3. The van der Waals surface area contributed by atoms with Crippen LogP contribution in [0.4, 0.5) is 5.82 Å². The molecule has 0 unspecified atom stereocenters. The van der Waals surface area contributed by atoms with Crippen molar-refractivity contribution >= 4 is 17.4 Å². The summed E-state index contributed by atoms with van der Waals surface area (Å²) in [5.74, 6) is 2.51. The Labute approximate surface area is 114 Å². The predicted octanol–water partition coefficient (Wildman–Crippen LogP) is 4.13. The van der Waals surface area contributed by atoms with Gasteiger partial charge in [0.05, 0.1) is 0 Å². The van der Waals surface area contributed by atoms with Crippen LogP contribution in [0, 0.1) is 19.8 Å². The smallest absolute Gasteiger partial charge is 0.137 e. The highest BCUT2D eigenvalue weighted by molar-refractivity contribution is 6.30. The van der Waals surface area contributed by atoms with Crippen molar-refractivity contribution in [3.8, 4) is 0 Å². The largest absolute Gasteiger partial charge is 0.370 e. The van der Waals surface area contributed by atoms with Crippen molar-refractivity contribution in [2.45, 2.75) is 52.4 Å². The number of aryl methyl sites for hydroxylation is 1. The Balaban J connectivity index is 1.86. The van der Waals surface area contributed by atoms with Gasteiger partial charge in [-0.1, -0.05) is 43.7 Å². The number of halogens is 1. The van der Waals surface area contributed by atoms with Gasteiger partial charge in [0.1, 0.15) is 16.8 Å². The Morgan fingerprint density at radius 3 is 2.61 bits per heavy atom. The van der Waals surface area contributed by atoms with E-state index in [1.807, 2.05) is 13.8 Å². The van der Waals surface area contributed by atoms with E-state index in [1.54, 1.807) is 0 Å². The molecule has 100 valence electrons. The number of nitrogens with one attached hydrogen (secondary N) is 1. The predicted molar refractivity (Wildman–Crippen MR) is 76.2 cm³/mol. The maximum Gasteiger partial charge on any atom is 0.137 e. The van der Waals surface area contributed by atoms with Crippen LogP contribution in [-0.4, -0.2) is 16.5 Å². The van der Waals surface area contributed by atoms with Gasteiger partial charge in [-0.25, -0.2) is 9.97 Å². The molecule has 0 atom stereocenters. The number of aromatic nitrogens is 2. The average molecular weight is 268 g/mol. The molecule has 18 heavy (non-hydrogen) atoms. The summed E-state index contributed by atoms with van der Waals surface area (Å²) in [6.07, 6.45) is 8.25. The molecule has 1 aliphatic rings. The molecule has 0 aromatic carbocycles. The van der Waals surface area contributed by atoms with Gasteiger partial charge >= 0.3 is 0 Å². The lowest BCUT2D eigenvalue weighted by atomic mass is 9.87. The highest BCUT2D eigenvalue weighted by Crippen LogP contribution is 2.26. The van der Waals surface area contributed by atoms with Crippen LogP contribution in [-0.2, 0) is 0 Å². The summed E-state index contributed by atoms with van der Waals surface area (Å²) in [7, 11) is 0. The van der Waals surface area contributed by atoms with E-state index in [4.69, 9.17) is 11.6 Å². The summed E-state index contributed by atoms with van der Waals surface area (Å²) in [6.45, 7) is 4.82. The fraction of sp³-hybridized carbons (Fsp3) is 0.714. The number of nitrogens with zero attached hydrogens (tertiary/aromatic N) is 2. The quantitative estimate of drug-likeness (QED) is 0.834. The summed E-state index contributed by atoms with van der Waals surface area (Å²) in [4.78, 5) is 8.56. The summed E-state index contributed by atoms with van der Waals surface area (Å²) in [5.41, 5.74) is 0.950. The molecule has 1 heterocycles. The second-order valence-electron chi connectivity index (χ2n) is 5.25. The molecule has 0 amide bonds. The fourth-order valence-corrected chi connectivity index (χ4v) is 2.85. The van der Waals surface area contributed by atoms with Crippen molar-refractivity contribution < 1.29 is 0 Å². The molecule has 0 spiro atoms. The molecule has 1 N–H and O–H groups in total. The van der Waals surface area contributed by atoms with E-state index in [2.05, 4.69) is 15.3 Å². The summed E-state index contributed by atoms with van der Waals surface area (Å²) in [5, 5.41) is 3.96. The van der Waals surface area contributed by atoms with Crippen LogP contribution >= 0.6 is 11.6 Å². The van der Waals surface area contributed by atoms with Gasteiger partial charge in [-0.2, -0.15) is 0 Å². The first kappa shape index (κ1) is 13.6. The van der Waals surface area contributed by atoms with E-state index in [0.29, 0.717) is 5.15 Å². The summed E-state index contributed by atoms with van der Waals surface area (Å²) >= 11 is 6.06. The minimum atomic E-state index is 0.558. The van der Waals surface area contributed by atoms with Crippen molar-refractivity contribution in [1.29, 1.82) is 0 Å². The van der Waals surface area contributed by atoms with Crippen LogP contribution in [0.1, 0.15) is 49.9 Å². The van der Waals surface area contributed by atoms with Gasteiger partial charge in [-0.05, 0) is 26.2 Å². The zero-order chi connectivity index (χ0) is 13.0. The van der Waals surface area contributed by atoms with Gasteiger partial charge in [-0.15, -0.1) is 0 Å². The lowest BCUT2D eigenvalue weighted by Gasteiger charge is -2.21. The van der Waals surface area contributed by atoms with E-state index in [-0.39, 0.29) is 0 Å². The zero-order valence-corrected chi connectivity index (χ0v) is 12.1. The van der Waals surface area contributed by atoms with Gasteiger partial charge in [0.15, 0.2) is 0 Å². The van der Waals surface area contributed by atoms with Crippen LogP contribution in [0.3, 0.4) is 0 Å². The molecular weight excluding hydrogens is 246 g/mol. The number of rotatable bonds is 4. The van der Waals surface area contributed by atoms with E-state index in [9.17, 15) is 0 Å². The molecule has 0 bridgehead atoms. The molecule has 3 nitrogen and oxygen atoms in total. The zero-order valence-electron chi connectivity index (χ0n) is 11.3. The van der Waals surface area contributed by atoms with Crippen molar-refractivity contribution in [3.05, 3.63) is 16.5 Å². The first-order chi connectivity index (χ1) is 8.66. The van der Waals surface area contributed by atoms with E-state index >= 15 is 0 Å². The normalized spacial score (nSPS) is 16.8. The third-order valence-electron chi connectivity index (χ3n) is 3.77. The van der Waals surface area contributed by atoms with E-state index in [0.717, 1.165) is 29.7 Å². The van der Waals surface area contributed by atoms with Crippen LogP contribution in [0.2, 0.25) is 5.15 Å². The number of anilines is 1. The highest BCUT2D eigenvalue weighted by Gasteiger charge is 2.13. The Kier molecular flexibility index (Phi) is 4.81. The molecule has 1 aromatic rings. The van der Waals surface area contributed by atoms with Gasteiger partial charge in [0.25, 0.3) is 0 Å². The SMILES string of the molecule is Cc1nc(Cl)c(C)c(NCCC2CCCCC2)n1. The Morgan fingerprint density at radius 1 is 1.17 bits per heavy atom. The molecule has 1 aliphatic carbocycles. The fourth-order valence-electron chi connectivity index (χ4n) is 2.64. The minimum absolute atomic E-state index is 0.558. The first-order valence-corrected chi connectivity index (χ1v) is 7.29. The molecule has 1 aromatic heterocycles. The van der Waals surface area contributed by atoms with Gasteiger partial charge in [0, 0.05) is 12.1 Å². The Bertz CT molecular complexity index is 400. The molecule has 1 fully saturated rings. The summed E-state index contributed by atoms with van der Waals surface area (Å²) < 4.78 is 0. The second-order valence-corrected chi connectivity index (χ2v) is 5.61. The second kappa shape index (κ2) is 6.37. The first-order valence-electron chi connectivity index (χ1n) is 6.91. The van der Waals surface area contributed by atoms with Gasteiger partial charge < -0.3 is 5.32 Å². The monoisotopic (exact) mass is 267 g/mol. The molecule has 2 rings (SSSR count). The summed E-state index contributed by atoms with van der Waals surface area (Å²) in [6, 6.07) is 0. The third-order valence-corrected chi connectivity index (χ3v) is 4.14. The van der Waals surface area contributed by atoms with Crippen LogP contribution < -0.4 is 5.32 Å². The van der Waals surface area contributed by atoms with Gasteiger partial charge in [0.2, 0.25) is 0 Å². The van der Waals surface area contributed by atoms with Crippen LogP contribution in [0.5, 0.6) is 0 Å². The average Bonchev–Trinajstić information content (AvgIpc) is 2.36. The van der Waals surface area contributed by atoms with Gasteiger partial charge in [-0.3, -0.25) is 0 Å². The van der Waals surface area contributed by atoms with Crippen molar-refractivity contribution in [3.63, 3.8) is 0 Å². The topological polar surface area (TPSA) is 37.8 Å². The van der Waals surface area contributed by atoms with Crippen LogP contribution in [0.25, 0.3) is 0 Å². The standard InChI is InChI=1S/C14H22ClN3/c1-10-13(15)17-11(2)18-14(10)16-9-8-12-6-4-3-5-7-12/h12H,3-9H2,1-2H3,(H,16,17,18).